The summed E-state index contributed by atoms with van der Waals surface area (Å²) in [7, 11) is 0. The number of hydrogen-bond donors (Lipinski definition) is 0. The summed E-state index contributed by atoms with van der Waals surface area (Å²) in [6, 6.07) is 21.9. The van der Waals surface area contributed by atoms with Gasteiger partial charge in [-0.05, 0) is 0 Å². The monoisotopic (exact) mass is 454 g/mol. The molecule has 0 bridgehead atoms. The Morgan fingerprint density at radius 3 is 1.78 bits per heavy atom. The van der Waals surface area contributed by atoms with Crippen molar-refractivity contribution in [3.63, 3.8) is 0 Å². The first-order valence-corrected chi connectivity index (χ1v) is 9.65. The van der Waals surface area contributed by atoms with Crippen LogP contribution in [0.25, 0.3) is 0 Å². The molecular weight excluding hydrogens is 430 g/mol. The minimum Gasteiger partial charge on any atom is -1.00 e. The number of hydrogen-bond acceptors (Lipinski definition) is 0. The Kier molecular flexibility index (Phi) is 11.3. The number of benzene rings is 2. The summed E-state index contributed by atoms with van der Waals surface area (Å²) in [6.45, 7) is 4.65. The van der Waals surface area contributed by atoms with E-state index in [2.05, 4.69) is 113 Å². The van der Waals surface area contributed by atoms with Crippen molar-refractivity contribution in [1.82, 2.24) is 0 Å². The van der Waals surface area contributed by atoms with Crippen molar-refractivity contribution in [2.24, 2.45) is 0 Å². The molecule has 0 saturated carbocycles. The van der Waals surface area contributed by atoms with Crippen molar-refractivity contribution < 1.29 is 57.7 Å². The molecule has 0 heterocycles. The molecule has 0 nitrogen and oxygen atoms in total. The molecule has 4 heteroatoms. The minimum atomic E-state index is -0.0833. The second kappa shape index (κ2) is 11.5. The quantitative estimate of drug-likeness (QED) is 0.419. The van der Waals surface area contributed by atoms with Crippen LogP contribution in [-0.2, 0) is 25.9 Å². The molecule has 142 valence electrons. The van der Waals surface area contributed by atoms with Crippen LogP contribution >= 0.6 is 0 Å². The maximum atomic E-state index is 2.50. The number of rotatable bonds is 6. The van der Waals surface area contributed by atoms with Gasteiger partial charge in [-0.25, -0.2) is 0 Å². The van der Waals surface area contributed by atoms with Gasteiger partial charge in [0.05, 0.1) is 0 Å². The largest absolute Gasteiger partial charge is 1.00 e. The van der Waals surface area contributed by atoms with Crippen LogP contribution in [0.3, 0.4) is 0 Å². The van der Waals surface area contributed by atoms with Crippen LogP contribution in [0, 0.1) is 0 Å². The van der Waals surface area contributed by atoms with Gasteiger partial charge in [-0.1, -0.05) is 0 Å². The number of allylic oxidation sites excluding steroid dienone is 4. The fraction of sp³-hybridized carbons (Fsp3) is 0.304. The Bertz CT molecular complexity index is 701. The van der Waals surface area contributed by atoms with Gasteiger partial charge >= 0.3 is 158 Å². The molecule has 2 aromatic rings. The van der Waals surface area contributed by atoms with Gasteiger partial charge in [-0.15, -0.1) is 0 Å². The molecule has 0 radical (unpaired) electrons. The fourth-order valence-corrected chi connectivity index (χ4v) is 4.53. The maximum absolute atomic E-state index is 2.50. The van der Waals surface area contributed by atoms with E-state index in [-0.39, 0.29) is 46.4 Å². The third kappa shape index (κ3) is 5.31. The van der Waals surface area contributed by atoms with Crippen molar-refractivity contribution in [2.45, 2.75) is 42.2 Å². The first-order valence-electron chi connectivity index (χ1n) is 8.87. The average Bonchev–Trinajstić information content (AvgIpc) is 3.03. The molecule has 1 atom stereocenters. The van der Waals surface area contributed by atoms with Crippen molar-refractivity contribution >= 4 is 0 Å². The minimum absolute atomic E-state index is 0. The Hall–Kier alpha value is -0.496. The molecule has 2 aromatic carbocycles. The van der Waals surface area contributed by atoms with Crippen LogP contribution in [0.1, 0.15) is 44.2 Å². The molecule has 0 N–H and O–H groups in total. The van der Waals surface area contributed by atoms with E-state index in [1.54, 1.807) is 0 Å². The molecule has 0 spiro atoms. The second-order valence-electron chi connectivity index (χ2n) is 6.88. The van der Waals surface area contributed by atoms with Gasteiger partial charge in [0.2, 0.25) is 0 Å². The molecule has 1 unspecified atom stereocenters. The molecule has 0 aromatic heterocycles. The topological polar surface area (TPSA) is 0 Å². The molecule has 1 aliphatic carbocycles. The van der Waals surface area contributed by atoms with Crippen LogP contribution in [0.5, 0.6) is 0 Å². The van der Waals surface area contributed by atoms with Crippen LogP contribution in [-0.4, -0.2) is 0 Å². The predicted octanol–water partition coefficient (Wildman–Crippen LogP) is -2.60. The zero-order chi connectivity index (χ0) is 17.0. The van der Waals surface area contributed by atoms with Crippen LogP contribution in [0.2, 0.25) is 3.72 Å². The summed E-state index contributed by atoms with van der Waals surface area (Å²) in [5.41, 5.74) is 4.14. The smallest absolute Gasteiger partial charge is 1.00 e. The van der Waals surface area contributed by atoms with Crippen LogP contribution in [0.15, 0.2) is 84.5 Å². The van der Waals surface area contributed by atoms with E-state index in [1.807, 2.05) is 0 Å². The molecule has 0 fully saturated rings. The van der Waals surface area contributed by atoms with Gasteiger partial charge in [0.1, 0.15) is 0 Å². The summed E-state index contributed by atoms with van der Waals surface area (Å²) in [5, 5.41) is 0. The van der Waals surface area contributed by atoms with E-state index < -0.39 is 0 Å². The summed E-state index contributed by atoms with van der Waals surface area (Å²) in [5.74, 6) is 0. The Morgan fingerprint density at radius 2 is 1.33 bits per heavy atom. The van der Waals surface area contributed by atoms with Gasteiger partial charge in [0, 0.05) is 0 Å². The zero-order valence-electron chi connectivity index (χ0n) is 15.8. The zero-order valence-corrected chi connectivity index (χ0v) is 19.6. The van der Waals surface area contributed by atoms with Gasteiger partial charge < -0.3 is 37.2 Å². The normalized spacial score (nSPS) is 18.0. The van der Waals surface area contributed by atoms with E-state index in [0.717, 1.165) is 0 Å². The Balaban J connectivity index is 0.00000225. The second-order valence-corrected chi connectivity index (χ2v) is 8.17. The Morgan fingerprint density at radius 1 is 0.852 bits per heavy atom. The number of unbranched alkanes of at least 4 members (excludes halogenated alkanes) is 1. The first-order chi connectivity index (χ1) is 11.6. The molecule has 0 saturated heterocycles. The summed E-state index contributed by atoms with van der Waals surface area (Å²) in [6.07, 6.45) is 11.0. The van der Waals surface area contributed by atoms with Crippen molar-refractivity contribution in [2.75, 3.05) is 0 Å². The Labute approximate surface area is 194 Å². The number of halogens is 3. The van der Waals surface area contributed by atoms with Gasteiger partial charge in [0.15, 0.2) is 0 Å². The average molecular weight is 456 g/mol. The molecule has 3 rings (SSSR count). The van der Waals surface area contributed by atoms with E-state index in [9.17, 15) is 0 Å². The van der Waals surface area contributed by atoms with Gasteiger partial charge in [0.25, 0.3) is 0 Å². The third-order valence-corrected chi connectivity index (χ3v) is 6.59. The maximum Gasteiger partial charge on any atom is -1.00 e. The first kappa shape index (κ1) is 26.5. The summed E-state index contributed by atoms with van der Waals surface area (Å²) >= 11 is 2.38. The van der Waals surface area contributed by atoms with Crippen LogP contribution in [0.4, 0.5) is 0 Å². The van der Waals surface area contributed by atoms with E-state index in [4.69, 9.17) is 0 Å². The standard InChI is InChI=1S/C23H25.3ClH.Ti/c1-3-4-11-19-16-17-22(18-19)23(2,20-12-7-5-8-13-20)21-14-9-6-10-15-21;;;;/h5-10,12-18H,3-4,11H2,1-2H3;3*1H;/q;;;;+3/p-3. The predicted molar refractivity (Wildman–Crippen MR) is 98.8 cm³/mol. The van der Waals surface area contributed by atoms with E-state index >= 15 is 0 Å². The third-order valence-electron chi connectivity index (χ3n) is 5.32. The van der Waals surface area contributed by atoms with Gasteiger partial charge in [-0.3, -0.25) is 0 Å². The molecule has 27 heavy (non-hydrogen) atoms. The van der Waals surface area contributed by atoms with Gasteiger partial charge in [-0.2, -0.15) is 0 Å². The van der Waals surface area contributed by atoms with E-state index in [0.29, 0.717) is 0 Å². The van der Waals surface area contributed by atoms with Crippen molar-refractivity contribution in [3.8, 4) is 0 Å². The molecule has 0 amide bonds. The SMILES string of the molecule is CCCCC1=C[C]([Ti+3])(C(C)(c2ccccc2)c2ccccc2)C=C1.[Cl-].[Cl-].[Cl-]. The van der Waals surface area contributed by atoms with Crippen molar-refractivity contribution in [1.29, 1.82) is 0 Å². The molecular formula is C23H25Cl3Ti. The fourth-order valence-electron chi connectivity index (χ4n) is 3.66. The summed E-state index contributed by atoms with van der Waals surface area (Å²) in [4.78, 5) is 0. The molecule has 0 aliphatic heterocycles. The summed E-state index contributed by atoms with van der Waals surface area (Å²) < 4.78 is -0.0151. The van der Waals surface area contributed by atoms with Crippen molar-refractivity contribution in [3.05, 3.63) is 95.6 Å². The molecule has 1 aliphatic rings. The van der Waals surface area contributed by atoms with E-state index in [1.165, 1.54) is 36.0 Å². The van der Waals surface area contributed by atoms with Crippen LogP contribution < -0.4 is 37.2 Å².